The van der Waals surface area contributed by atoms with E-state index in [0.717, 1.165) is 55.4 Å². The third-order valence-corrected chi connectivity index (χ3v) is 11.5. The molecule has 14 nitrogen and oxygen atoms in total. The number of aromatic hydroxyl groups is 2. The van der Waals surface area contributed by atoms with Crippen molar-refractivity contribution in [2.75, 3.05) is 44.4 Å². The number of hydrogen-bond donors (Lipinski definition) is 3. The van der Waals surface area contributed by atoms with Gasteiger partial charge >= 0.3 is 0 Å². The van der Waals surface area contributed by atoms with Crippen LogP contribution in [0.15, 0.2) is 97.6 Å². The van der Waals surface area contributed by atoms with Gasteiger partial charge < -0.3 is 25.3 Å². The van der Waals surface area contributed by atoms with Crippen LogP contribution in [0.1, 0.15) is 53.4 Å². The molecule has 0 saturated carbocycles. The Labute approximate surface area is 334 Å². The average molecular weight is 771 g/mol. The molecule has 0 amide bonds. The molecule has 2 aliphatic heterocycles. The Hall–Kier alpha value is -5.86. The highest BCUT2D eigenvalue weighted by Gasteiger charge is 2.43. The maximum atomic E-state index is 10.5. The van der Waals surface area contributed by atoms with Gasteiger partial charge in [0.25, 0.3) is 0 Å². The number of likely N-dealkylation sites (N-methyl/N-ethyl adjacent to an activating group) is 1. The number of rotatable bonds is 8. The van der Waals surface area contributed by atoms with Crippen LogP contribution in [-0.2, 0) is 0 Å². The smallest absolute Gasteiger partial charge is 0.151 e. The molecule has 2 aliphatic rings. The second-order valence-electron chi connectivity index (χ2n) is 16.5. The first-order chi connectivity index (χ1) is 27.3. The number of piperidine rings is 2. The molecule has 14 heteroatoms. The van der Waals surface area contributed by atoms with Crippen LogP contribution in [0.4, 0.5) is 11.6 Å². The lowest BCUT2D eigenvalue weighted by Gasteiger charge is -2.53. The summed E-state index contributed by atoms with van der Waals surface area (Å²) in [5.41, 5.74) is 4.40. The molecule has 6 aromatic rings. The third-order valence-electron chi connectivity index (χ3n) is 11.5. The molecule has 57 heavy (non-hydrogen) atoms. The number of aromatic nitrogens is 8. The minimum absolute atomic E-state index is 0.106. The number of phenols is 2. The van der Waals surface area contributed by atoms with Crippen molar-refractivity contribution in [2.24, 2.45) is 0 Å². The van der Waals surface area contributed by atoms with Crippen molar-refractivity contribution in [3.8, 4) is 45.4 Å². The SMILES string of the molecule is CN(C)C1CCCN(c2ccc(-c3ccc(-n4cccn4)cc3O)nn2)C1.CN1C(C)(C)CC(Nc2ccc(-c3ccc(-n4cccn4)cc3O)nn2)CC1(C)C. The molecular weight excluding hydrogens is 717 g/mol. The third kappa shape index (κ3) is 8.92. The zero-order chi connectivity index (χ0) is 40.3. The van der Waals surface area contributed by atoms with Gasteiger partial charge in [-0.3, -0.25) is 4.90 Å². The van der Waals surface area contributed by atoms with Crippen molar-refractivity contribution in [1.82, 2.24) is 49.8 Å². The van der Waals surface area contributed by atoms with E-state index in [9.17, 15) is 10.2 Å². The highest BCUT2D eigenvalue weighted by Crippen LogP contribution is 2.38. The monoisotopic (exact) mass is 770 g/mol. The lowest BCUT2D eigenvalue weighted by molar-refractivity contribution is -0.00774. The summed E-state index contributed by atoms with van der Waals surface area (Å²) in [5, 5.41) is 50.3. The largest absolute Gasteiger partial charge is 0.507 e. The summed E-state index contributed by atoms with van der Waals surface area (Å²) < 4.78 is 3.41. The minimum atomic E-state index is 0.106. The quantitative estimate of drug-likeness (QED) is 0.152. The molecule has 0 radical (unpaired) electrons. The highest BCUT2D eigenvalue weighted by molar-refractivity contribution is 5.70. The van der Waals surface area contributed by atoms with E-state index in [-0.39, 0.29) is 22.6 Å². The number of anilines is 2. The fraction of sp³-hybridized carbons (Fsp3) is 0.395. The van der Waals surface area contributed by atoms with Crippen LogP contribution in [0, 0.1) is 0 Å². The first kappa shape index (κ1) is 39.4. The van der Waals surface area contributed by atoms with Gasteiger partial charge in [-0.05, 0) is 135 Å². The zero-order valence-corrected chi connectivity index (χ0v) is 33.9. The molecule has 3 N–H and O–H groups in total. The number of nitrogens with zero attached hydrogens (tertiary/aromatic N) is 11. The molecule has 0 aliphatic carbocycles. The summed E-state index contributed by atoms with van der Waals surface area (Å²) in [6.45, 7) is 11.1. The van der Waals surface area contributed by atoms with E-state index in [1.807, 2.05) is 73.1 Å². The van der Waals surface area contributed by atoms with E-state index in [2.05, 4.69) is 99.4 Å². The van der Waals surface area contributed by atoms with E-state index >= 15 is 0 Å². The van der Waals surface area contributed by atoms with E-state index in [4.69, 9.17) is 0 Å². The van der Waals surface area contributed by atoms with Crippen LogP contribution < -0.4 is 10.2 Å². The molecular formula is C43H54N12O2. The summed E-state index contributed by atoms with van der Waals surface area (Å²) in [7, 11) is 6.45. The second kappa shape index (κ2) is 16.3. The van der Waals surface area contributed by atoms with E-state index < -0.39 is 0 Å². The van der Waals surface area contributed by atoms with Gasteiger partial charge in [0.15, 0.2) is 5.82 Å². The van der Waals surface area contributed by atoms with Gasteiger partial charge in [-0.1, -0.05) is 0 Å². The molecule has 2 saturated heterocycles. The number of benzene rings is 2. The van der Waals surface area contributed by atoms with Crippen molar-refractivity contribution >= 4 is 11.6 Å². The van der Waals surface area contributed by atoms with Crippen molar-refractivity contribution in [1.29, 1.82) is 0 Å². The molecule has 298 valence electrons. The number of hydrogen-bond acceptors (Lipinski definition) is 12. The molecule has 1 unspecified atom stereocenters. The van der Waals surface area contributed by atoms with Crippen molar-refractivity contribution in [3.63, 3.8) is 0 Å². The topological polar surface area (TPSA) is 149 Å². The van der Waals surface area contributed by atoms with Crippen LogP contribution in [-0.4, -0.2) is 117 Å². The van der Waals surface area contributed by atoms with Crippen LogP contribution in [0.3, 0.4) is 0 Å². The summed E-state index contributed by atoms with van der Waals surface area (Å²) in [4.78, 5) is 7.02. The van der Waals surface area contributed by atoms with Gasteiger partial charge in [0, 0.05) is 84.3 Å². The molecule has 8 rings (SSSR count). The fourth-order valence-electron chi connectivity index (χ4n) is 8.06. The maximum absolute atomic E-state index is 10.5. The van der Waals surface area contributed by atoms with Gasteiger partial charge in [-0.15, -0.1) is 20.4 Å². The van der Waals surface area contributed by atoms with Crippen LogP contribution >= 0.6 is 0 Å². The molecule has 1 atom stereocenters. The molecule has 2 fully saturated rings. The zero-order valence-electron chi connectivity index (χ0n) is 33.9. The van der Waals surface area contributed by atoms with E-state index in [0.29, 0.717) is 34.6 Å². The normalized spacial score (nSPS) is 18.2. The standard InChI is InChI=1S/C23H30N6O.C20H24N6O/c1-22(2)14-16(15-23(3,4)28(22)5)25-21-10-9-19(26-27-21)18-8-7-17(13-20(18)30)29-12-6-11-24-29;1-24(2)16-5-3-11-25(14-16)20-9-8-18(22-23-20)17-7-6-15(13-19(17)27)26-12-4-10-21-26/h6-13,16,30H,14-15H2,1-5H3,(H,25,27);4,6-10,12-13,16,27H,3,5,11,14H2,1-2H3. The summed E-state index contributed by atoms with van der Waals surface area (Å²) >= 11 is 0. The summed E-state index contributed by atoms with van der Waals surface area (Å²) in [5.74, 6) is 1.96. The minimum Gasteiger partial charge on any atom is -0.507 e. The lowest BCUT2D eigenvalue weighted by Crippen LogP contribution is -2.61. The number of nitrogens with one attached hydrogen (secondary N) is 1. The second-order valence-corrected chi connectivity index (χ2v) is 16.5. The predicted octanol–water partition coefficient (Wildman–Crippen LogP) is 6.66. The maximum Gasteiger partial charge on any atom is 0.151 e. The lowest BCUT2D eigenvalue weighted by atomic mass is 9.77. The van der Waals surface area contributed by atoms with Gasteiger partial charge in [0.1, 0.15) is 17.3 Å². The van der Waals surface area contributed by atoms with Gasteiger partial charge in [-0.2, -0.15) is 10.2 Å². The van der Waals surface area contributed by atoms with Gasteiger partial charge in [0.2, 0.25) is 0 Å². The number of phenolic OH excluding ortho intramolecular Hbond substituents is 2. The van der Waals surface area contributed by atoms with Gasteiger partial charge in [0.05, 0.1) is 22.8 Å². The van der Waals surface area contributed by atoms with Crippen LogP contribution in [0.5, 0.6) is 11.5 Å². The van der Waals surface area contributed by atoms with Crippen molar-refractivity contribution < 1.29 is 10.2 Å². The first-order valence-corrected chi connectivity index (χ1v) is 19.5. The van der Waals surface area contributed by atoms with Crippen LogP contribution in [0.2, 0.25) is 0 Å². The molecule has 6 heterocycles. The predicted molar refractivity (Wildman–Crippen MR) is 224 cm³/mol. The Balaban J connectivity index is 0.000000175. The first-order valence-electron chi connectivity index (χ1n) is 19.5. The average Bonchev–Trinajstić information content (AvgIpc) is 3.94. The van der Waals surface area contributed by atoms with E-state index in [1.165, 1.54) is 6.42 Å². The summed E-state index contributed by atoms with van der Waals surface area (Å²) in [6.07, 6.45) is 11.5. The Bertz CT molecular complexity index is 2200. The molecule has 0 spiro atoms. The summed E-state index contributed by atoms with van der Waals surface area (Å²) in [6, 6.07) is 23.1. The Kier molecular flexibility index (Phi) is 11.3. The molecule has 0 bridgehead atoms. The molecule has 4 aromatic heterocycles. The Morgan fingerprint density at radius 3 is 1.74 bits per heavy atom. The van der Waals surface area contributed by atoms with Crippen molar-refractivity contribution in [3.05, 3.63) is 97.6 Å². The molecule has 2 aromatic carbocycles. The Morgan fingerprint density at radius 1 is 0.719 bits per heavy atom. The Morgan fingerprint density at radius 2 is 1.28 bits per heavy atom. The highest BCUT2D eigenvalue weighted by atomic mass is 16.3. The van der Waals surface area contributed by atoms with Crippen molar-refractivity contribution in [2.45, 2.75) is 76.5 Å². The fourth-order valence-corrected chi connectivity index (χ4v) is 8.06. The number of likely N-dealkylation sites (tertiary alicyclic amines) is 1. The van der Waals surface area contributed by atoms with Gasteiger partial charge in [-0.25, -0.2) is 9.36 Å². The van der Waals surface area contributed by atoms with E-state index in [1.54, 1.807) is 33.9 Å². The van der Waals surface area contributed by atoms with Crippen LogP contribution in [0.25, 0.3) is 33.9 Å².